The molecule has 0 amide bonds. The fourth-order valence-electron chi connectivity index (χ4n) is 0.948. The number of hydrogen-bond donors (Lipinski definition) is 1. The Morgan fingerprint density at radius 1 is 1.50 bits per heavy atom. The van der Waals surface area contributed by atoms with Crippen LogP contribution >= 0.6 is 11.8 Å². The highest BCUT2D eigenvalue weighted by Gasteiger charge is 1.99. The standard InChI is InChI=1S/C9H13NOS/c1-3-11-7-4-5-8(10)9(6-7)12-2/h4-6H,3,10H2,1-2H3. The van der Waals surface area contributed by atoms with Crippen molar-refractivity contribution < 1.29 is 4.74 Å². The van der Waals surface area contributed by atoms with Gasteiger partial charge in [0.25, 0.3) is 0 Å². The quantitative estimate of drug-likeness (QED) is 0.577. The molecule has 0 aliphatic rings. The third-order valence-electron chi connectivity index (χ3n) is 1.52. The Balaban J connectivity index is 2.89. The molecule has 0 aromatic heterocycles. The molecule has 1 aromatic rings. The Morgan fingerprint density at radius 3 is 2.83 bits per heavy atom. The molecule has 0 unspecified atom stereocenters. The number of rotatable bonds is 3. The molecule has 0 aliphatic heterocycles. The Hall–Kier alpha value is -0.830. The van der Waals surface area contributed by atoms with Crippen molar-refractivity contribution in [2.45, 2.75) is 11.8 Å². The highest BCUT2D eigenvalue weighted by Crippen LogP contribution is 2.27. The number of benzene rings is 1. The molecule has 0 heterocycles. The maximum absolute atomic E-state index is 5.72. The van der Waals surface area contributed by atoms with Crippen molar-refractivity contribution in [3.8, 4) is 5.75 Å². The minimum absolute atomic E-state index is 0.692. The van der Waals surface area contributed by atoms with Crippen LogP contribution in [-0.2, 0) is 0 Å². The highest BCUT2D eigenvalue weighted by molar-refractivity contribution is 7.98. The van der Waals surface area contributed by atoms with Gasteiger partial charge in [-0.3, -0.25) is 0 Å². The first kappa shape index (κ1) is 9.26. The summed E-state index contributed by atoms with van der Waals surface area (Å²) >= 11 is 1.63. The average Bonchev–Trinajstić information content (AvgIpc) is 2.09. The van der Waals surface area contributed by atoms with E-state index in [1.54, 1.807) is 11.8 Å². The number of ether oxygens (including phenoxy) is 1. The van der Waals surface area contributed by atoms with E-state index in [4.69, 9.17) is 10.5 Å². The largest absolute Gasteiger partial charge is 0.494 e. The van der Waals surface area contributed by atoms with Crippen LogP contribution in [0.1, 0.15) is 6.92 Å². The van der Waals surface area contributed by atoms with E-state index >= 15 is 0 Å². The molecule has 0 atom stereocenters. The van der Waals surface area contributed by atoms with Gasteiger partial charge >= 0.3 is 0 Å². The monoisotopic (exact) mass is 183 g/mol. The van der Waals surface area contributed by atoms with Gasteiger partial charge in [-0.1, -0.05) is 0 Å². The Morgan fingerprint density at radius 2 is 2.25 bits per heavy atom. The van der Waals surface area contributed by atoms with Gasteiger partial charge in [-0.2, -0.15) is 0 Å². The van der Waals surface area contributed by atoms with E-state index in [0.29, 0.717) is 6.61 Å². The van der Waals surface area contributed by atoms with Gasteiger partial charge in [0.2, 0.25) is 0 Å². The van der Waals surface area contributed by atoms with Crippen molar-refractivity contribution in [3.63, 3.8) is 0 Å². The second-order valence-electron chi connectivity index (χ2n) is 2.34. The fourth-order valence-corrected chi connectivity index (χ4v) is 1.49. The Bertz CT molecular complexity index is 263. The van der Waals surface area contributed by atoms with Gasteiger partial charge in [0.05, 0.1) is 6.61 Å². The lowest BCUT2D eigenvalue weighted by Crippen LogP contribution is -1.93. The topological polar surface area (TPSA) is 35.2 Å². The number of anilines is 1. The smallest absolute Gasteiger partial charge is 0.120 e. The molecule has 0 saturated heterocycles. The summed E-state index contributed by atoms with van der Waals surface area (Å²) in [5.41, 5.74) is 6.53. The van der Waals surface area contributed by atoms with Gasteiger partial charge in [0.1, 0.15) is 5.75 Å². The zero-order chi connectivity index (χ0) is 8.97. The minimum atomic E-state index is 0.692. The minimum Gasteiger partial charge on any atom is -0.494 e. The molecule has 1 aromatic carbocycles. The van der Waals surface area contributed by atoms with E-state index in [1.165, 1.54) is 0 Å². The number of nitrogen functional groups attached to an aromatic ring is 1. The summed E-state index contributed by atoms with van der Waals surface area (Å²) < 4.78 is 5.33. The molecule has 12 heavy (non-hydrogen) atoms. The summed E-state index contributed by atoms with van der Waals surface area (Å²) in [4.78, 5) is 1.07. The fraction of sp³-hybridized carbons (Fsp3) is 0.333. The molecule has 0 radical (unpaired) electrons. The molecule has 0 spiro atoms. The van der Waals surface area contributed by atoms with Gasteiger partial charge < -0.3 is 10.5 Å². The highest BCUT2D eigenvalue weighted by atomic mass is 32.2. The first-order valence-corrected chi connectivity index (χ1v) is 5.06. The Labute approximate surface area is 77.1 Å². The van der Waals surface area contributed by atoms with Crippen molar-refractivity contribution >= 4 is 17.4 Å². The number of nitrogens with two attached hydrogens (primary N) is 1. The predicted octanol–water partition coefficient (Wildman–Crippen LogP) is 2.39. The lowest BCUT2D eigenvalue weighted by molar-refractivity contribution is 0.339. The molecule has 0 saturated carbocycles. The van der Waals surface area contributed by atoms with E-state index < -0.39 is 0 Å². The maximum Gasteiger partial charge on any atom is 0.120 e. The van der Waals surface area contributed by atoms with Crippen LogP contribution in [0.2, 0.25) is 0 Å². The molecule has 0 aliphatic carbocycles. The van der Waals surface area contributed by atoms with Gasteiger partial charge in [-0.25, -0.2) is 0 Å². The van der Waals surface area contributed by atoms with Crippen LogP contribution in [-0.4, -0.2) is 12.9 Å². The summed E-state index contributed by atoms with van der Waals surface area (Å²) in [5.74, 6) is 0.885. The summed E-state index contributed by atoms with van der Waals surface area (Å²) in [6, 6.07) is 5.72. The molecular weight excluding hydrogens is 170 g/mol. The second kappa shape index (κ2) is 4.26. The number of thioether (sulfide) groups is 1. The molecule has 2 nitrogen and oxygen atoms in total. The molecule has 1 rings (SSSR count). The second-order valence-corrected chi connectivity index (χ2v) is 3.18. The zero-order valence-electron chi connectivity index (χ0n) is 7.33. The molecule has 2 N–H and O–H groups in total. The summed E-state index contributed by atoms with van der Waals surface area (Å²) in [5, 5.41) is 0. The van der Waals surface area contributed by atoms with Crippen LogP contribution in [0, 0.1) is 0 Å². The lowest BCUT2D eigenvalue weighted by Gasteiger charge is -2.06. The van der Waals surface area contributed by atoms with E-state index in [2.05, 4.69) is 0 Å². The lowest BCUT2D eigenvalue weighted by atomic mass is 10.3. The van der Waals surface area contributed by atoms with Crippen LogP contribution in [0.15, 0.2) is 23.1 Å². The van der Waals surface area contributed by atoms with Crippen LogP contribution in [0.3, 0.4) is 0 Å². The van der Waals surface area contributed by atoms with E-state index in [1.807, 2.05) is 31.4 Å². The molecule has 0 fully saturated rings. The molecule has 3 heteroatoms. The summed E-state index contributed by atoms with van der Waals surface area (Å²) in [7, 11) is 0. The van der Waals surface area contributed by atoms with Crippen LogP contribution in [0.5, 0.6) is 5.75 Å². The van der Waals surface area contributed by atoms with Crippen molar-refractivity contribution in [3.05, 3.63) is 18.2 Å². The van der Waals surface area contributed by atoms with Crippen molar-refractivity contribution in [1.29, 1.82) is 0 Å². The molecular formula is C9H13NOS. The normalized spacial score (nSPS) is 9.83. The third kappa shape index (κ3) is 2.08. The van der Waals surface area contributed by atoms with Crippen molar-refractivity contribution in [2.24, 2.45) is 0 Å². The third-order valence-corrected chi connectivity index (χ3v) is 2.31. The van der Waals surface area contributed by atoms with Crippen LogP contribution < -0.4 is 10.5 Å². The first-order chi connectivity index (χ1) is 5.77. The number of hydrogen-bond acceptors (Lipinski definition) is 3. The van der Waals surface area contributed by atoms with Crippen LogP contribution in [0.25, 0.3) is 0 Å². The van der Waals surface area contributed by atoms with Gasteiger partial charge in [-0.05, 0) is 31.4 Å². The maximum atomic E-state index is 5.72. The zero-order valence-corrected chi connectivity index (χ0v) is 8.15. The molecule has 66 valence electrons. The van der Waals surface area contributed by atoms with E-state index in [-0.39, 0.29) is 0 Å². The first-order valence-electron chi connectivity index (χ1n) is 3.84. The predicted molar refractivity (Wildman–Crippen MR) is 53.8 cm³/mol. The summed E-state index contributed by atoms with van der Waals surface area (Å²) in [6.07, 6.45) is 2.00. The van der Waals surface area contributed by atoms with Crippen molar-refractivity contribution in [2.75, 3.05) is 18.6 Å². The van der Waals surface area contributed by atoms with Crippen molar-refractivity contribution in [1.82, 2.24) is 0 Å². The van der Waals surface area contributed by atoms with Gasteiger partial charge in [0.15, 0.2) is 0 Å². The van der Waals surface area contributed by atoms with Gasteiger partial charge in [0, 0.05) is 10.6 Å². The molecule has 0 bridgehead atoms. The van der Waals surface area contributed by atoms with Crippen LogP contribution in [0.4, 0.5) is 5.69 Å². The average molecular weight is 183 g/mol. The van der Waals surface area contributed by atoms with Gasteiger partial charge in [-0.15, -0.1) is 11.8 Å². The SMILES string of the molecule is CCOc1ccc(N)c(SC)c1. The van der Waals surface area contributed by atoms with E-state index in [0.717, 1.165) is 16.3 Å². The summed E-state index contributed by atoms with van der Waals surface area (Å²) in [6.45, 7) is 2.66. The Kier molecular flexibility index (Phi) is 3.29. The van der Waals surface area contributed by atoms with E-state index in [9.17, 15) is 0 Å².